The Hall–Kier alpha value is -2.66. The lowest BCUT2D eigenvalue weighted by atomic mass is 10.2. The summed E-state index contributed by atoms with van der Waals surface area (Å²) in [5.74, 6) is 0.452. The monoisotopic (exact) mass is 298 g/mol. The van der Waals surface area contributed by atoms with Crippen LogP contribution in [-0.2, 0) is 11.3 Å². The van der Waals surface area contributed by atoms with Gasteiger partial charge in [0.25, 0.3) is 0 Å². The van der Waals surface area contributed by atoms with Crippen molar-refractivity contribution in [1.29, 1.82) is 0 Å². The number of hydrogen-bond acceptors (Lipinski definition) is 4. The largest absolute Gasteiger partial charge is 0.491 e. The Morgan fingerprint density at radius 1 is 1.23 bits per heavy atom. The summed E-state index contributed by atoms with van der Waals surface area (Å²) in [6.45, 7) is 0.533. The summed E-state index contributed by atoms with van der Waals surface area (Å²) in [6, 6.07) is 12.9. The van der Waals surface area contributed by atoms with E-state index < -0.39 is 0 Å². The summed E-state index contributed by atoms with van der Waals surface area (Å²) in [4.78, 5) is 15.9. The Bertz CT molecular complexity index is 627. The van der Waals surface area contributed by atoms with Gasteiger partial charge < -0.3 is 15.2 Å². The van der Waals surface area contributed by atoms with Gasteiger partial charge in [-0.1, -0.05) is 24.3 Å². The van der Waals surface area contributed by atoms with Gasteiger partial charge in [0.1, 0.15) is 12.4 Å². The standard InChI is InChI=1S/C17H18N2O3/c20-11-12-22-16-7-2-1-5-14(16)13-19-17(21)9-8-15-6-3-4-10-18-15/h1-10,20H,11-13H2,(H,19,21)/b9-8+. The van der Waals surface area contributed by atoms with Crippen LogP contribution in [0.5, 0.6) is 5.75 Å². The summed E-state index contributed by atoms with van der Waals surface area (Å²) in [5.41, 5.74) is 1.58. The second-order valence-corrected chi connectivity index (χ2v) is 4.49. The first-order chi connectivity index (χ1) is 10.8. The van der Waals surface area contributed by atoms with Gasteiger partial charge >= 0.3 is 0 Å². The van der Waals surface area contributed by atoms with Crippen molar-refractivity contribution in [1.82, 2.24) is 10.3 Å². The molecule has 1 aromatic heterocycles. The molecule has 0 saturated heterocycles. The van der Waals surface area contributed by atoms with Crippen LogP contribution in [0.2, 0.25) is 0 Å². The Morgan fingerprint density at radius 3 is 2.82 bits per heavy atom. The molecule has 0 unspecified atom stereocenters. The molecule has 1 heterocycles. The van der Waals surface area contributed by atoms with Crippen LogP contribution in [-0.4, -0.2) is 29.2 Å². The van der Waals surface area contributed by atoms with Crippen LogP contribution in [0.3, 0.4) is 0 Å². The van der Waals surface area contributed by atoms with Crippen molar-refractivity contribution in [3.8, 4) is 5.75 Å². The minimum Gasteiger partial charge on any atom is -0.491 e. The molecule has 2 rings (SSSR count). The Balaban J connectivity index is 1.90. The summed E-state index contributed by atoms with van der Waals surface area (Å²) in [7, 11) is 0. The van der Waals surface area contributed by atoms with Gasteiger partial charge in [-0.2, -0.15) is 0 Å². The fourth-order valence-corrected chi connectivity index (χ4v) is 1.82. The maximum Gasteiger partial charge on any atom is 0.244 e. The predicted molar refractivity (Wildman–Crippen MR) is 84.1 cm³/mol. The van der Waals surface area contributed by atoms with E-state index in [1.807, 2.05) is 36.4 Å². The highest BCUT2D eigenvalue weighted by Crippen LogP contribution is 2.17. The number of nitrogens with one attached hydrogen (secondary N) is 1. The third kappa shape index (κ3) is 5.03. The first-order valence-electron chi connectivity index (χ1n) is 6.98. The molecule has 2 aromatic rings. The summed E-state index contributed by atoms with van der Waals surface area (Å²) < 4.78 is 5.42. The van der Waals surface area contributed by atoms with Gasteiger partial charge in [-0.15, -0.1) is 0 Å². The lowest BCUT2D eigenvalue weighted by molar-refractivity contribution is -0.116. The molecule has 0 radical (unpaired) electrons. The number of ether oxygens (including phenoxy) is 1. The third-order valence-electron chi connectivity index (χ3n) is 2.87. The number of para-hydroxylation sites is 1. The van der Waals surface area contributed by atoms with E-state index in [4.69, 9.17) is 9.84 Å². The Kier molecular flexibility index (Phi) is 6.14. The van der Waals surface area contributed by atoms with E-state index in [2.05, 4.69) is 10.3 Å². The molecular formula is C17H18N2O3. The number of pyridine rings is 1. The average Bonchev–Trinajstić information content (AvgIpc) is 2.58. The van der Waals surface area contributed by atoms with Gasteiger partial charge in [0.2, 0.25) is 5.91 Å². The SMILES string of the molecule is O=C(/C=C/c1ccccn1)NCc1ccccc1OCCO. The Morgan fingerprint density at radius 2 is 2.05 bits per heavy atom. The molecule has 0 saturated carbocycles. The van der Waals surface area contributed by atoms with Crippen molar-refractivity contribution in [3.63, 3.8) is 0 Å². The molecule has 114 valence electrons. The number of carbonyl (C=O) groups excluding carboxylic acids is 1. The van der Waals surface area contributed by atoms with Crippen LogP contribution in [0.25, 0.3) is 6.08 Å². The van der Waals surface area contributed by atoms with E-state index in [9.17, 15) is 4.79 Å². The average molecular weight is 298 g/mol. The topological polar surface area (TPSA) is 71.5 Å². The fraction of sp³-hybridized carbons (Fsp3) is 0.176. The zero-order valence-electron chi connectivity index (χ0n) is 12.1. The van der Waals surface area contributed by atoms with Crippen molar-refractivity contribution in [2.45, 2.75) is 6.54 Å². The number of rotatable bonds is 7. The van der Waals surface area contributed by atoms with Crippen molar-refractivity contribution in [2.75, 3.05) is 13.2 Å². The molecule has 0 fully saturated rings. The maximum absolute atomic E-state index is 11.8. The second-order valence-electron chi connectivity index (χ2n) is 4.49. The third-order valence-corrected chi connectivity index (χ3v) is 2.87. The van der Waals surface area contributed by atoms with E-state index in [0.717, 1.165) is 11.3 Å². The van der Waals surface area contributed by atoms with Crippen molar-refractivity contribution in [2.24, 2.45) is 0 Å². The first kappa shape index (κ1) is 15.7. The van der Waals surface area contributed by atoms with E-state index in [1.54, 1.807) is 18.3 Å². The first-order valence-corrected chi connectivity index (χ1v) is 6.98. The normalized spacial score (nSPS) is 10.6. The van der Waals surface area contributed by atoms with Gasteiger partial charge in [0, 0.05) is 24.4 Å². The number of aliphatic hydroxyl groups is 1. The van der Waals surface area contributed by atoms with Crippen LogP contribution in [0.15, 0.2) is 54.7 Å². The van der Waals surface area contributed by atoms with E-state index >= 15 is 0 Å². The number of aromatic nitrogens is 1. The zero-order chi connectivity index (χ0) is 15.6. The van der Waals surface area contributed by atoms with Crippen LogP contribution in [0.1, 0.15) is 11.3 Å². The molecule has 0 aliphatic carbocycles. The van der Waals surface area contributed by atoms with Crippen molar-refractivity contribution >= 4 is 12.0 Å². The molecule has 1 amide bonds. The molecule has 0 bridgehead atoms. The van der Waals surface area contributed by atoms with Crippen LogP contribution >= 0.6 is 0 Å². The molecule has 1 aromatic carbocycles. The molecule has 0 spiro atoms. The molecule has 0 aliphatic rings. The van der Waals surface area contributed by atoms with Gasteiger partial charge in [-0.05, 0) is 24.3 Å². The smallest absolute Gasteiger partial charge is 0.244 e. The lowest BCUT2D eigenvalue weighted by Gasteiger charge is -2.10. The predicted octanol–water partition coefficient (Wildman–Crippen LogP) is 1.78. The van der Waals surface area contributed by atoms with Crippen molar-refractivity contribution in [3.05, 3.63) is 66.0 Å². The summed E-state index contributed by atoms with van der Waals surface area (Å²) in [5, 5.41) is 11.6. The molecule has 0 atom stereocenters. The molecule has 5 heteroatoms. The quantitative estimate of drug-likeness (QED) is 0.764. The van der Waals surface area contributed by atoms with Gasteiger partial charge in [-0.25, -0.2) is 0 Å². The number of hydrogen-bond donors (Lipinski definition) is 2. The second kappa shape index (κ2) is 8.59. The van der Waals surface area contributed by atoms with E-state index in [0.29, 0.717) is 12.3 Å². The fourth-order valence-electron chi connectivity index (χ4n) is 1.82. The van der Waals surface area contributed by atoms with Gasteiger partial charge in [0.15, 0.2) is 0 Å². The molecule has 0 aliphatic heterocycles. The highest BCUT2D eigenvalue weighted by Gasteiger charge is 2.04. The van der Waals surface area contributed by atoms with Crippen LogP contribution in [0.4, 0.5) is 0 Å². The van der Waals surface area contributed by atoms with E-state index in [1.165, 1.54) is 6.08 Å². The molecule has 22 heavy (non-hydrogen) atoms. The van der Waals surface area contributed by atoms with Gasteiger partial charge in [0.05, 0.1) is 12.3 Å². The minimum atomic E-state index is -0.206. The number of amides is 1. The lowest BCUT2D eigenvalue weighted by Crippen LogP contribution is -2.20. The zero-order valence-corrected chi connectivity index (χ0v) is 12.1. The van der Waals surface area contributed by atoms with E-state index in [-0.39, 0.29) is 19.1 Å². The van der Waals surface area contributed by atoms with Crippen molar-refractivity contribution < 1.29 is 14.6 Å². The number of benzene rings is 1. The number of carbonyl (C=O) groups is 1. The van der Waals surface area contributed by atoms with Crippen LogP contribution < -0.4 is 10.1 Å². The number of nitrogens with zero attached hydrogens (tertiary/aromatic N) is 1. The van der Waals surface area contributed by atoms with Crippen LogP contribution in [0, 0.1) is 0 Å². The molecular weight excluding hydrogens is 280 g/mol. The van der Waals surface area contributed by atoms with Gasteiger partial charge in [-0.3, -0.25) is 9.78 Å². The number of aliphatic hydroxyl groups excluding tert-OH is 1. The minimum absolute atomic E-state index is 0.0481. The highest BCUT2D eigenvalue weighted by molar-refractivity contribution is 5.91. The summed E-state index contributed by atoms with van der Waals surface area (Å²) in [6.07, 6.45) is 4.77. The Labute approximate surface area is 129 Å². The summed E-state index contributed by atoms with van der Waals surface area (Å²) >= 11 is 0. The molecule has 2 N–H and O–H groups in total. The molecule has 5 nitrogen and oxygen atoms in total. The maximum atomic E-state index is 11.8. The highest BCUT2D eigenvalue weighted by atomic mass is 16.5.